The number of carbonyl (C=O) groups is 5. The molecule has 1 aromatic heterocycles. The first-order valence-electron chi connectivity index (χ1n) is 17.0. The highest BCUT2D eigenvalue weighted by Crippen LogP contribution is 2.36. The molecule has 2 aromatic rings. The van der Waals surface area contributed by atoms with Crippen molar-refractivity contribution in [1.82, 2.24) is 30.5 Å². The summed E-state index contributed by atoms with van der Waals surface area (Å²) < 4.78 is 5.71. The van der Waals surface area contributed by atoms with E-state index in [0.29, 0.717) is 5.01 Å². The molecule has 0 unspecified atom stereocenters. The molecule has 3 amide bonds. The fraction of sp³-hybridized carbons (Fsp3) is 0.600. The molecule has 0 spiro atoms. The van der Waals surface area contributed by atoms with Gasteiger partial charge in [-0.25, -0.2) is 9.99 Å². The van der Waals surface area contributed by atoms with Gasteiger partial charge in [0.2, 0.25) is 11.8 Å². The second kappa shape index (κ2) is 17.2. The van der Waals surface area contributed by atoms with E-state index in [4.69, 9.17) is 4.74 Å². The Balaban J connectivity index is 1.46. The van der Waals surface area contributed by atoms with Crippen LogP contribution < -0.4 is 10.7 Å². The van der Waals surface area contributed by atoms with Crippen molar-refractivity contribution >= 4 is 41.0 Å². The van der Waals surface area contributed by atoms with Crippen LogP contribution in [-0.4, -0.2) is 106 Å². The SMILES string of the molecule is CC(=O)O[C@H](C[C@H](C(C)C)N(C)C(=O)[C@@H](NC(=O)[C@H]1CCCCN1C)C1CC1)c1nc(C(=O)NN(C)[C@@H](Cc2ccccc2)C(=O)O)cs1. The number of benzene rings is 1. The van der Waals surface area contributed by atoms with E-state index < -0.39 is 36.0 Å². The van der Waals surface area contributed by atoms with Crippen molar-refractivity contribution < 1.29 is 33.8 Å². The lowest BCUT2D eigenvalue weighted by molar-refractivity contribution is -0.149. The Bertz CT molecular complexity index is 1470. The van der Waals surface area contributed by atoms with Gasteiger partial charge in [-0.3, -0.25) is 34.3 Å². The molecule has 1 aliphatic carbocycles. The molecule has 14 heteroatoms. The quantitative estimate of drug-likeness (QED) is 0.175. The van der Waals surface area contributed by atoms with Crippen LogP contribution >= 0.6 is 11.3 Å². The minimum Gasteiger partial charge on any atom is -0.480 e. The summed E-state index contributed by atoms with van der Waals surface area (Å²) in [5, 5.41) is 16.1. The zero-order valence-corrected chi connectivity index (χ0v) is 30.1. The minimum atomic E-state index is -1.09. The molecule has 4 rings (SSSR count). The molecule has 0 bridgehead atoms. The molecule has 1 saturated heterocycles. The molecule has 1 saturated carbocycles. The molecule has 0 radical (unpaired) electrons. The maximum atomic E-state index is 14.0. The van der Waals surface area contributed by atoms with Gasteiger partial charge < -0.3 is 20.1 Å². The number of nitrogens with zero attached hydrogens (tertiary/aromatic N) is 4. The number of carboxylic acid groups (broad SMARTS) is 1. The molecule has 1 aliphatic heterocycles. The van der Waals surface area contributed by atoms with E-state index in [1.807, 2.05) is 56.1 Å². The fourth-order valence-electron chi connectivity index (χ4n) is 6.41. The Morgan fingerprint density at radius 2 is 1.78 bits per heavy atom. The number of aliphatic carboxylic acids is 1. The van der Waals surface area contributed by atoms with Crippen LogP contribution in [0.15, 0.2) is 35.7 Å². The number of carbonyl (C=O) groups excluding carboxylic acids is 4. The number of thiazole rings is 1. The third-order valence-corrected chi connectivity index (χ3v) is 10.4. The van der Waals surface area contributed by atoms with Gasteiger partial charge in [-0.1, -0.05) is 50.6 Å². The van der Waals surface area contributed by atoms with Crippen molar-refractivity contribution in [2.75, 3.05) is 27.7 Å². The summed E-state index contributed by atoms with van der Waals surface area (Å²) in [6.07, 6.45) is 4.08. The zero-order chi connectivity index (χ0) is 35.8. The molecule has 49 heavy (non-hydrogen) atoms. The molecule has 2 aliphatic rings. The number of hydrazine groups is 1. The summed E-state index contributed by atoms with van der Waals surface area (Å²) in [5.74, 6) is -2.49. The van der Waals surface area contributed by atoms with Gasteiger partial charge in [0.1, 0.15) is 22.8 Å². The van der Waals surface area contributed by atoms with Crippen molar-refractivity contribution in [1.29, 1.82) is 0 Å². The predicted molar refractivity (Wildman–Crippen MR) is 184 cm³/mol. The van der Waals surface area contributed by atoms with Gasteiger partial charge in [-0.05, 0) is 56.7 Å². The van der Waals surface area contributed by atoms with Crippen LogP contribution in [0.3, 0.4) is 0 Å². The lowest BCUT2D eigenvalue weighted by Crippen LogP contribution is -2.56. The van der Waals surface area contributed by atoms with Crippen LogP contribution in [-0.2, 0) is 30.3 Å². The average Bonchev–Trinajstić information content (AvgIpc) is 3.78. The van der Waals surface area contributed by atoms with E-state index in [1.54, 1.807) is 11.9 Å². The number of hydrogen-bond acceptors (Lipinski definition) is 10. The molecule has 3 N–H and O–H groups in total. The second-order valence-corrected chi connectivity index (χ2v) is 14.5. The zero-order valence-electron chi connectivity index (χ0n) is 29.3. The molecular weight excluding hydrogens is 648 g/mol. The lowest BCUT2D eigenvalue weighted by atomic mass is 9.95. The number of rotatable bonds is 16. The number of likely N-dealkylation sites (N-methyl/N-ethyl adjacent to an activating group) is 3. The van der Waals surface area contributed by atoms with Gasteiger partial charge in [0.05, 0.1) is 6.04 Å². The van der Waals surface area contributed by atoms with Crippen LogP contribution in [0, 0.1) is 11.8 Å². The van der Waals surface area contributed by atoms with E-state index in [1.165, 1.54) is 24.4 Å². The summed E-state index contributed by atoms with van der Waals surface area (Å²) in [6.45, 7) is 6.10. The largest absolute Gasteiger partial charge is 0.480 e. The van der Waals surface area contributed by atoms with Crippen molar-refractivity contribution in [3.8, 4) is 0 Å². The number of hydrogen-bond donors (Lipinski definition) is 3. The Kier molecular flexibility index (Phi) is 13.3. The molecular formula is C35H50N6O7S. The number of carboxylic acids is 1. The highest BCUT2D eigenvalue weighted by atomic mass is 32.1. The van der Waals surface area contributed by atoms with Gasteiger partial charge in [-0.15, -0.1) is 11.3 Å². The van der Waals surface area contributed by atoms with Crippen molar-refractivity contribution in [3.63, 3.8) is 0 Å². The van der Waals surface area contributed by atoms with Crippen LogP contribution in [0.1, 0.15) is 86.5 Å². The van der Waals surface area contributed by atoms with Gasteiger partial charge in [0.25, 0.3) is 5.91 Å². The van der Waals surface area contributed by atoms with Gasteiger partial charge in [-0.2, -0.15) is 0 Å². The highest BCUT2D eigenvalue weighted by molar-refractivity contribution is 7.09. The van der Waals surface area contributed by atoms with E-state index in [-0.39, 0.29) is 54.3 Å². The lowest BCUT2D eigenvalue weighted by Gasteiger charge is -2.37. The van der Waals surface area contributed by atoms with Crippen LogP contribution in [0.5, 0.6) is 0 Å². The van der Waals surface area contributed by atoms with Gasteiger partial charge >= 0.3 is 11.9 Å². The summed E-state index contributed by atoms with van der Waals surface area (Å²) in [7, 11) is 5.15. The van der Waals surface area contributed by atoms with Crippen LogP contribution in [0.25, 0.3) is 0 Å². The van der Waals surface area contributed by atoms with Crippen molar-refractivity contribution in [2.24, 2.45) is 11.8 Å². The minimum absolute atomic E-state index is 0.0408. The molecule has 1 aromatic carbocycles. The second-order valence-electron chi connectivity index (χ2n) is 13.6. The topological polar surface area (TPSA) is 161 Å². The molecule has 2 heterocycles. The number of ether oxygens (including phenoxy) is 1. The highest BCUT2D eigenvalue weighted by Gasteiger charge is 2.42. The first kappa shape index (κ1) is 37.9. The summed E-state index contributed by atoms with van der Waals surface area (Å²) in [4.78, 5) is 72.9. The monoisotopic (exact) mass is 698 g/mol. The third kappa shape index (κ3) is 10.3. The van der Waals surface area contributed by atoms with E-state index in [9.17, 15) is 29.1 Å². The predicted octanol–water partition coefficient (Wildman–Crippen LogP) is 3.27. The number of nitrogens with one attached hydrogen (secondary N) is 2. The third-order valence-electron chi connectivity index (χ3n) is 9.44. The fourth-order valence-corrected chi connectivity index (χ4v) is 7.25. The smallest absolute Gasteiger partial charge is 0.323 e. The van der Waals surface area contributed by atoms with Crippen molar-refractivity contribution in [2.45, 2.75) is 96.0 Å². The number of piperidine rings is 1. The summed E-state index contributed by atoms with van der Waals surface area (Å²) >= 11 is 1.14. The van der Waals surface area contributed by atoms with E-state index in [2.05, 4.69) is 15.7 Å². The van der Waals surface area contributed by atoms with Crippen LogP contribution in [0.2, 0.25) is 0 Å². The summed E-state index contributed by atoms with van der Waals surface area (Å²) in [5.41, 5.74) is 3.46. The summed E-state index contributed by atoms with van der Waals surface area (Å²) in [6, 6.07) is 6.83. The van der Waals surface area contributed by atoms with E-state index in [0.717, 1.165) is 55.5 Å². The first-order chi connectivity index (χ1) is 23.3. The van der Waals surface area contributed by atoms with E-state index >= 15 is 0 Å². The van der Waals surface area contributed by atoms with Gasteiger partial charge in [0, 0.05) is 45.3 Å². The normalized spacial score (nSPS) is 19.1. The molecule has 13 nitrogen and oxygen atoms in total. The number of esters is 1. The Labute approximate surface area is 292 Å². The number of likely N-dealkylation sites (tertiary alicyclic amines) is 1. The molecule has 5 atom stereocenters. The number of aromatic nitrogens is 1. The Hall–Kier alpha value is -3.88. The Morgan fingerprint density at radius 3 is 2.37 bits per heavy atom. The first-order valence-corrected chi connectivity index (χ1v) is 17.8. The Morgan fingerprint density at radius 1 is 1.08 bits per heavy atom. The molecule has 268 valence electrons. The average molecular weight is 699 g/mol. The molecule has 2 fully saturated rings. The maximum absolute atomic E-state index is 14.0. The van der Waals surface area contributed by atoms with Crippen LogP contribution in [0.4, 0.5) is 0 Å². The number of amides is 3. The maximum Gasteiger partial charge on any atom is 0.323 e. The standard InChI is InChI=1S/C35H50N6O7S/c1-21(2)27(40(5)34(45)30(24-15-16-24)37-32(44)26-14-10-11-17-39(26)4)19-29(48-22(3)42)33-36-25(20-49-33)31(43)38-41(6)28(35(46)47)18-23-12-8-7-9-13-23/h7-9,12-13,20-21,24,26-30H,10-11,14-19H2,1-6H3,(H,37,44)(H,38,43)(H,46,47)/t26-,27-,28+,29-,30+/m1/s1. The van der Waals surface area contributed by atoms with Gasteiger partial charge in [0.15, 0.2) is 6.10 Å². The van der Waals surface area contributed by atoms with Crippen molar-refractivity contribution in [3.05, 3.63) is 52.0 Å².